The van der Waals surface area contributed by atoms with Crippen molar-refractivity contribution >= 4 is 11.5 Å². The van der Waals surface area contributed by atoms with E-state index in [2.05, 4.69) is 11.9 Å². The first-order valence-corrected chi connectivity index (χ1v) is 5.69. The number of pyridine rings is 1. The quantitative estimate of drug-likeness (QED) is 0.615. The highest BCUT2D eigenvalue weighted by Gasteiger charge is 2.28. The van der Waals surface area contributed by atoms with Crippen LogP contribution in [0.2, 0.25) is 0 Å². The summed E-state index contributed by atoms with van der Waals surface area (Å²) >= 11 is 0. The van der Waals surface area contributed by atoms with Crippen molar-refractivity contribution in [2.75, 3.05) is 18.0 Å². The molecule has 0 amide bonds. The number of nitrogens with zero attached hydrogens (tertiary/aromatic N) is 3. The number of hydrogen-bond acceptors (Lipinski definition) is 5. The second-order valence-corrected chi connectivity index (χ2v) is 4.48. The van der Waals surface area contributed by atoms with Gasteiger partial charge in [0.05, 0.1) is 4.92 Å². The summed E-state index contributed by atoms with van der Waals surface area (Å²) in [6, 6.07) is 3.10. The molecule has 1 aliphatic rings. The minimum Gasteiger partial charge on any atom is -0.349 e. The second kappa shape index (κ2) is 4.67. The molecule has 0 radical (unpaired) electrons. The Morgan fingerprint density at radius 2 is 2.41 bits per heavy atom. The van der Waals surface area contributed by atoms with Crippen molar-refractivity contribution < 1.29 is 4.92 Å². The monoisotopic (exact) mass is 236 g/mol. The third kappa shape index (κ3) is 2.36. The van der Waals surface area contributed by atoms with Gasteiger partial charge in [0.1, 0.15) is 0 Å². The lowest BCUT2D eigenvalue weighted by Gasteiger charge is -2.35. The van der Waals surface area contributed by atoms with E-state index in [0.29, 0.717) is 18.3 Å². The first-order valence-electron chi connectivity index (χ1n) is 5.69. The predicted octanol–water partition coefficient (Wildman–Crippen LogP) is 1.16. The van der Waals surface area contributed by atoms with Crippen molar-refractivity contribution in [1.82, 2.24) is 4.98 Å². The molecule has 0 aliphatic carbocycles. The second-order valence-electron chi connectivity index (χ2n) is 4.48. The highest BCUT2D eigenvalue weighted by atomic mass is 16.6. The van der Waals surface area contributed by atoms with Crippen molar-refractivity contribution in [3.8, 4) is 0 Å². The van der Waals surface area contributed by atoms with E-state index >= 15 is 0 Å². The van der Waals surface area contributed by atoms with E-state index < -0.39 is 4.92 Å². The van der Waals surface area contributed by atoms with Crippen molar-refractivity contribution in [1.29, 1.82) is 0 Å². The van der Waals surface area contributed by atoms with Crippen LogP contribution in [0.1, 0.15) is 13.3 Å². The summed E-state index contributed by atoms with van der Waals surface area (Å²) in [5.74, 6) is 0.883. The van der Waals surface area contributed by atoms with E-state index in [1.807, 2.05) is 4.90 Å². The maximum absolute atomic E-state index is 10.9. The van der Waals surface area contributed by atoms with E-state index in [1.165, 1.54) is 6.07 Å². The van der Waals surface area contributed by atoms with Gasteiger partial charge in [0.25, 0.3) is 0 Å². The largest absolute Gasteiger partial charge is 0.349 e. The minimum absolute atomic E-state index is 0.0466. The minimum atomic E-state index is -0.397. The molecule has 2 heterocycles. The summed E-state index contributed by atoms with van der Waals surface area (Å²) in [4.78, 5) is 16.5. The molecule has 1 aliphatic heterocycles. The van der Waals surface area contributed by atoms with Gasteiger partial charge in [-0.2, -0.15) is 0 Å². The van der Waals surface area contributed by atoms with Gasteiger partial charge in [-0.3, -0.25) is 10.1 Å². The van der Waals surface area contributed by atoms with Crippen LogP contribution in [0, 0.1) is 16.0 Å². The fraction of sp³-hybridized carbons (Fsp3) is 0.545. The number of anilines is 1. The molecule has 1 saturated heterocycles. The summed E-state index contributed by atoms with van der Waals surface area (Å²) in [5.41, 5.74) is 6.04. The van der Waals surface area contributed by atoms with Crippen molar-refractivity contribution in [2.24, 2.45) is 11.7 Å². The number of rotatable bonds is 2. The summed E-state index contributed by atoms with van der Waals surface area (Å²) in [6.45, 7) is 3.50. The molecule has 0 spiro atoms. The summed E-state index contributed by atoms with van der Waals surface area (Å²) in [5, 5.41) is 10.9. The Hall–Kier alpha value is -1.69. The first-order chi connectivity index (χ1) is 8.09. The Morgan fingerprint density at radius 3 is 3.06 bits per heavy atom. The number of hydrogen-bond donors (Lipinski definition) is 1. The molecule has 2 rings (SSSR count). The smallest absolute Gasteiger partial charge is 0.311 e. The number of aromatic nitrogens is 1. The fourth-order valence-electron chi connectivity index (χ4n) is 2.07. The Kier molecular flexibility index (Phi) is 3.23. The average molecular weight is 236 g/mol. The normalized spacial score (nSPS) is 24.7. The zero-order chi connectivity index (χ0) is 12.4. The van der Waals surface area contributed by atoms with Gasteiger partial charge < -0.3 is 10.6 Å². The van der Waals surface area contributed by atoms with Crippen LogP contribution in [-0.4, -0.2) is 29.0 Å². The first kappa shape index (κ1) is 11.8. The Labute approximate surface area is 99.6 Å². The Bertz CT molecular complexity index is 424. The lowest BCUT2D eigenvalue weighted by atomic mass is 9.94. The van der Waals surface area contributed by atoms with Crippen LogP contribution in [0.15, 0.2) is 18.3 Å². The van der Waals surface area contributed by atoms with Gasteiger partial charge in [0.2, 0.25) is 5.82 Å². The number of piperidine rings is 1. The highest BCUT2D eigenvalue weighted by Crippen LogP contribution is 2.28. The van der Waals surface area contributed by atoms with Crippen LogP contribution in [0.4, 0.5) is 11.5 Å². The Balaban J connectivity index is 2.25. The van der Waals surface area contributed by atoms with Gasteiger partial charge >= 0.3 is 5.69 Å². The Morgan fingerprint density at radius 1 is 1.65 bits per heavy atom. The lowest BCUT2D eigenvalue weighted by molar-refractivity contribution is -0.384. The van der Waals surface area contributed by atoms with Crippen LogP contribution < -0.4 is 10.6 Å². The van der Waals surface area contributed by atoms with E-state index in [4.69, 9.17) is 5.73 Å². The van der Waals surface area contributed by atoms with E-state index in [0.717, 1.165) is 13.0 Å². The SMILES string of the molecule is CC1CCN(c2ncccc2[N+](=O)[O-])CC1N. The molecular weight excluding hydrogens is 220 g/mol. The summed E-state index contributed by atoms with van der Waals surface area (Å²) in [6.07, 6.45) is 2.51. The van der Waals surface area contributed by atoms with Crippen LogP contribution in [-0.2, 0) is 0 Å². The topological polar surface area (TPSA) is 85.3 Å². The predicted molar refractivity (Wildman–Crippen MR) is 64.9 cm³/mol. The molecule has 0 aromatic carbocycles. The van der Waals surface area contributed by atoms with Crippen molar-refractivity contribution in [3.05, 3.63) is 28.4 Å². The molecule has 2 N–H and O–H groups in total. The maximum Gasteiger partial charge on any atom is 0.311 e. The van der Waals surface area contributed by atoms with Crippen LogP contribution in [0.3, 0.4) is 0 Å². The number of nitro groups is 1. The molecule has 92 valence electrons. The lowest BCUT2D eigenvalue weighted by Crippen LogP contribution is -2.48. The highest BCUT2D eigenvalue weighted by molar-refractivity contribution is 5.57. The van der Waals surface area contributed by atoms with Gasteiger partial charge in [-0.05, 0) is 18.4 Å². The third-order valence-electron chi connectivity index (χ3n) is 3.28. The van der Waals surface area contributed by atoms with Crippen LogP contribution >= 0.6 is 0 Å². The van der Waals surface area contributed by atoms with Gasteiger partial charge in [0.15, 0.2) is 0 Å². The van der Waals surface area contributed by atoms with E-state index in [9.17, 15) is 10.1 Å². The van der Waals surface area contributed by atoms with E-state index in [-0.39, 0.29) is 11.7 Å². The molecule has 1 aromatic heterocycles. The summed E-state index contributed by atoms with van der Waals surface area (Å²) in [7, 11) is 0. The molecule has 1 fully saturated rings. The van der Waals surface area contributed by atoms with Crippen molar-refractivity contribution in [3.63, 3.8) is 0 Å². The molecule has 2 unspecified atom stereocenters. The zero-order valence-corrected chi connectivity index (χ0v) is 9.74. The van der Waals surface area contributed by atoms with Gasteiger partial charge in [-0.1, -0.05) is 6.92 Å². The van der Waals surface area contributed by atoms with Gasteiger partial charge in [-0.25, -0.2) is 4.98 Å². The van der Waals surface area contributed by atoms with E-state index in [1.54, 1.807) is 12.3 Å². The van der Waals surface area contributed by atoms with Gasteiger partial charge in [-0.15, -0.1) is 0 Å². The molecule has 6 heteroatoms. The average Bonchev–Trinajstić information content (AvgIpc) is 2.32. The van der Waals surface area contributed by atoms with Crippen molar-refractivity contribution in [2.45, 2.75) is 19.4 Å². The molecule has 6 nitrogen and oxygen atoms in total. The maximum atomic E-state index is 10.9. The molecule has 2 atom stereocenters. The van der Waals surface area contributed by atoms with Gasteiger partial charge in [0, 0.05) is 31.4 Å². The fourth-order valence-corrected chi connectivity index (χ4v) is 2.07. The molecule has 1 aromatic rings. The van der Waals surface area contributed by atoms with Crippen LogP contribution in [0.5, 0.6) is 0 Å². The molecule has 17 heavy (non-hydrogen) atoms. The third-order valence-corrected chi connectivity index (χ3v) is 3.28. The molecular formula is C11H16N4O2. The zero-order valence-electron chi connectivity index (χ0n) is 9.74. The summed E-state index contributed by atoms with van der Waals surface area (Å²) < 4.78 is 0. The number of nitrogens with two attached hydrogens (primary N) is 1. The molecule has 0 bridgehead atoms. The van der Waals surface area contributed by atoms with Crippen LogP contribution in [0.25, 0.3) is 0 Å². The standard InChI is InChI=1S/C11H16N4O2/c1-8-4-6-14(7-9(8)12)11-10(15(16)17)3-2-5-13-11/h2-3,5,8-9H,4,6-7,12H2,1H3. The molecule has 0 saturated carbocycles.